The first-order chi connectivity index (χ1) is 39.2. The van der Waals surface area contributed by atoms with Gasteiger partial charge in [0.1, 0.15) is 29.9 Å². The fourth-order valence-corrected chi connectivity index (χ4v) is 11.9. The molecule has 0 unspecified atom stereocenters. The molecule has 0 saturated carbocycles. The number of ether oxygens (including phenoxy) is 1. The Morgan fingerprint density at radius 3 is 1.89 bits per heavy atom. The van der Waals surface area contributed by atoms with Crippen molar-refractivity contribution in [2.75, 3.05) is 13.2 Å². The van der Waals surface area contributed by atoms with Crippen LogP contribution in [0.4, 0.5) is 0 Å². The van der Waals surface area contributed by atoms with Crippen LogP contribution in [0, 0.1) is 13.8 Å². The van der Waals surface area contributed by atoms with Gasteiger partial charge < -0.3 is 27.3 Å². The molecule has 7 aromatic carbocycles. The van der Waals surface area contributed by atoms with Crippen LogP contribution in [0.3, 0.4) is 0 Å². The lowest BCUT2D eigenvalue weighted by Crippen LogP contribution is -2.05. The summed E-state index contributed by atoms with van der Waals surface area (Å²) < 4.78 is 26.2. The second-order valence-corrected chi connectivity index (χ2v) is 20.9. The number of imidazole rings is 1. The lowest BCUT2D eigenvalue weighted by atomic mass is 9.93. The molecule has 0 atom stereocenters. The molecule has 7 aromatic heterocycles. The van der Waals surface area contributed by atoms with Gasteiger partial charge in [0.05, 0.1) is 52.9 Å². The second-order valence-electron chi connectivity index (χ2n) is 20.9. The molecular formula is C69H56N8O3. The zero-order valence-electron chi connectivity index (χ0n) is 45.4. The number of hydrogen-bond acceptors (Lipinski definition) is 8. The first-order valence-corrected chi connectivity index (χ1v) is 27.5. The smallest absolute Gasteiger partial charge is 0.225 e. The van der Waals surface area contributed by atoms with Crippen LogP contribution >= 0.6 is 0 Å². The number of aliphatic imine (C=N–C) groups is 1. The van der Waals surface area contributed by atoms with Crippen LogP contribution < -0.4 is 0 Å². The fourth-order valence-electron chi connectivity index (χ4n) is 11.9. The van der Waals surface area contributed by atoms with Crippen molar-refractivity contribution >= 4 is 71.4 Å². The summed E-state index contributed by atoms with van der Waals surface area (Å²) in [6.07, 6.45) is 12.1. The lowest BCUT2D eigenvalue weighted by molar-refractivity contribution is 0.348. The van der Waals surface area contributed by atoms with Gasteiger partial charge in [-0.1, -0.05) is 80.9 Å². The molecule has 0 aliphatic carbocycles. The zero-order valence-corrected chi connectivity index (χ0v) is 45.4. The van der Waals surface area contributed by atoms with Gasteiger partial charge in [-0.25, -0.2) is 15.0 Å². The summed E-state index contributed by atoms with van der Waals surface area (Å²) in [6.45, 7) is 14.1. The molecule has 11 heteroatoms. The van der Waals surface area contributed by atoms with E-state index in [1.54, 1.807) is 12.5 Å². The van der Waals surface area contributed by atoms with E-state index >= 15 is 0 Å². The molecule has 80 heavy (non-hydrogen) atoms. The predicted octanol–water partition coefficient (Wildman–Crippen LogP) is 17.5. The fraction of sp³-hybridized carbons (Fsp3) is 0.145. The van der Waals surface area contributed by atoms with E-state index in [9.17, 15) is 0 Å². The molecule has 0 amide bonds. The first-order valence-electron chi connectivity index (χ1n) is 27.5. The molecule has 11 nitrogen and oxygen atoms in total. The molecule has 0 fully saturated rings. The van der Waals surface area contributed by atoms with Crippen LogP contribution in [-0.4, -0.2) is 52.7 Å². The molecule has 8 heterocycles. The monoisotopic (exact) mass is 1040 g/mol. The van der Waals surface area contributed by atoms with Crippen LogP contribution in [0.2, 0.25) is 0 Å². The normalized spacial score (nSPS) is 12.6. The quantitative estimate of drug-likeness (QED) is 0.141. The van der Waals surface area contributed by atoms with E-state index in [1.807, 2.05) is 30.9 Å². The standard InChI is InChI=1S/C66H48N8O3.C3H8/c1-38(2)72-40(4)39(3)71-64(72)44-12-9-15-48(30-44)73-58-17-6-5-16-50(58)55-31-41(18-19-59(55)73)47-32-53(42-10-7-13-45(28-42)65-69-24-26-75-65)62-56(33-47)57-35-49(74-60-36-67-22-20-51(60)52-21-23-68-37-61(52)74)34-54(63(57)77-62)43-11-8-14-46(29-43)66-70-25-27-76-66;1-3-2/h5-24,26,28-38H,25,27H2,1-4H3;3H2,1-2H3. The number of hydrogen-bond donors (Lipinski definition) is 0. The Balaban J connectivity index is 0.00000188. The Bertz CT molecular complexity index is 4710. The third-order valence-corrected chi connectivity index (χ3v) is 15.4. The Morgan fingerprint density at radius 2 is 1.16 bits per heavy atom. The van der Waals surface area contributed by atoms with Crippen molar-refractivity contribution in [1.29, 1.82) is 0 Å². The lowest BCUT2D eigenvalue weighted by Gasteiger charge is -2.15. The van der Waals surface area contributed by atoms with Gasteiger partial charge in [0.2, 0.25) is 11.8 Å². The van der Waals surface area contributed by atoms with E-state index in [1.165, 1.54) is 17.5 Å². The number of rotatable bonds is 9. The van der Waals surface area contributed by atoms with E-state index in [-0.39, 0.29) is 6.04 Å². The zero-order chi connectivity index (χ0) is 54.2. The number of aryl methyl sites for hydroxylation is 1. The summed E-state index contributed by atoms with van der Waals surface area (Å²) in [5.74, 6) is 2.17. The first kappa shape index (κ1) is 48.5. The van der Waals surface area contributed by atoms with Crippen LogP contribution in [-0.2, 0) is 4.74 Å². The summed E-state index contributed by atoms with van der Waals surface area (Å²) in [5, 5.41) is 6.44. The Hall–Kier alpha value is -9.87. The van der Waals surface area contributed by atoms with Gasteiger partial charge in [0, 0.05) is 95.6 Å². The minimum atomic E-state index is 0.266. The Kier molecular flexibility index (Phi) is 11.8. The Labute approximate surface area is 462 Å². The summed E-state index contributed by atoms with van der Waals surface area (Å²) in [5.41, 5.74) is 18.8. The summed E-state index contributed by atoms with van der Waals surface area (Å²) >= 11 is 0. The highest BCUT2D eigenvalue weighted by Gasteiger charge is 2.24. The summed E-state index contributed by atoms with van der Waals surface area (Å²) in [6, 6.07) is 54.6. The number of aromatic nitrogens is 7. The summed E-state index contributed by atoms with van der Waals surface area (Å²) in [7, 11) is 0. The number of nitrogens with zero attached hydrogens (tertiary/aromatic N) is 8. The number of oxazole rings is 1. The number of fused-ring (bicyclic) bond motifs is 9. The molecule has 14 aromatic rings. The average Bonchev–Trinajstić information content (AvgIpc) is 4.45. The highest BCUT2D eigenvalue weighted by molar-refractivity contribution is 6.17. The topological polar surface area (TPSA) is 114 Å². The van der Waals surface area contributed by atoms with Crippen molar-refractivity contribution in [2.24, 2.45) is 4.99 Å². The van der Waals surface area contributed by atoms with Crippen molar-refractivity contribution in [2.45, 2.75) is 54.0 Å². The number of para-hydroxylation sites is 1. The van der Waals surface area contributed by atoms with Gasteiger partial charge in [0.15, 0.2) is 0 Å². The molecule has 0 spiro atoms. The molecule has 0 bridgehead atoms. The largest absolute Gasteiger partial charge is 0.476 e. The average molecular weight is 1050 g/mol. The van der Waals surface area contributed by atoms with Gasteiger partial charge in [-0.05, 0) is 141 Å². The van der Waals surface area contributed by atoms with Gasteiger partial charge >= 0.3 is 0 Å². The van der Waals surface area contributed by atoms with Crippen LogP contribution in [0.1, 0.15) is 57.1 Å². The van der Waals surface area contributed by atoms with Crippen LogP contribution in [0.15, 0.2) is 203 Å². The van der Waals surface area contributed by atoms with Gasteiger partial charge in [-0.2, -0.15) is 0 Å². The molecule has 390 valence electrons. The van der Waals surface area contributed by atoms with Crippen molar-refractivity contribution < 1.29 is 13.6 Å². The Morgan fingerprint density at radius 1 is 0.525 bits per heavy atom. The summed E-state index contributed by atoms with van der Waals surface area (Å²) in [4.78, 5) is 23.6. The van der Waals surface area contributed by atoms with Crippen LogP contribution in [0.5, 0.6) is 0 Å². The number of pyridine rings is 2. The van der Waals surface area contributed by atoms with E-state index in [4.69, 9.17) is 18.6 Å². The van der Waals surface area contributed by atoms with Gasteiger partial charge in [-0.15, -0.1) is 0 Å². The van der Waals surface area contributed by atoms with Crippen molar-refractivity contribution in [3.8, 4) is 67.6 Å². The maximum atomic E-state index is 7.36. The van der Waals surface area contributed by atoms with Gasteiger partial charge in [-0.3, -0.25) is 9.97 Å². The third kappa shape index (κ3) is 7.98. The third-order valence-electron chi connectivity index (χ3n) is 15.4. The molecular weight excluding hydrogens is 989 g/mol. The van der Waals surface area contributed by atoms with E-state index < -0.39 is 0 Å². The molecule has 0 radical (unpaired) electrons. The second kappa shape index (κ2) is 19.5. The number of benzene rings is 7. The van der Waals surface area contributed by atoms with E-state index in [2.05, 4.69) is 221 Å². The molecule has 0 saturated heterocycles. The molecule has 0 N–H and O–H groups in total. The van der Waals surface area contributed by atoms with Crippen LogP contribution in [0.25, 0.3) is 133 Å². The molecule has 1 aliphatic heterocycles. The SMILES string of the molecule is CCC.Cc1nc(-c2cccc(-n3c4ccccc4c4cc(-c5cc(-c6cccc(-c7ncco7)c6)c6oc7c(-c8cccc(C9=NCCO9)c8)cc(-n8c9cnccc9c9ccncc98)cc7c6c5)ccc43)c2)n(C(C)C)c1C. The highest BCUT2D eigenvalue weighted by atomic mass is 16.5. The number of furan rings is 1. The molecule has 1 aliphatic rings. The predicted molar refractivity (Wildman–Crippen MR) is 324 cm³/mol. The van der Waals surface area contributed by atoms with Crippen molar-refractivity contribution in [3.63, 3.8) is 0 Å². The molecule has 15 rings (SSSR count). The highest BCUT2D eigenvalue weighted by Crippen LogP contribution is 2.46. The van der Waals surface area contributed by atoms with Gasteiger partial charge in [0.25, 0.3) is 0 Å². The maximum absolute atomic E-state index is 7.36. The maximum Gasteiger partial charge on any atom is 0.225 e. The van der Waals surface area contributed by atoms with Crippen molar-refractivity contribution in [1.82, 2.24) is 33.6 Å². The van der Waals surface area contributed by atoms with E-state index in [0.717, 1.165) is 133 Å². The minimum absolute atomic E-state index is 0.266. The van der Waals surface area contributed by atoms with Crippen molar-refractivity contribution in [3.05, 3.63) is 206 Å². The minimum Gasteiger partial charge on any atom is -0.476 e. The van der Waals surface area contributed by atoms with E-state index in [0.29, 0.717) is 24.9 Å².